The van der Waals surface area contributed by atoms with Crippen LogP contribution in [-0.2, 0) is 16.1 Å². The SMILES string of the molecule is COc1ccc(CN2C(=O)CC3(CC3)C(N3C(=O)c4cccc(F)c4C3=O)C2=O)cc1. The van der Waals surface area contributed by atoms with Gasteiger partial charge in [0.1, 0.15) is 17.6 Å². The zero-order valence-corrected chi connectivity index (χ0v) is 16.8. The minimum atomic E-state index is -1.12. The lowest BCUT2D eigenvalue weighted by Gasteiger charge is -2.40. The Morgan fingerprint density at radius 3 is 2.35 bits per heavy atom. The maximum absolute atomic E-state index is 14.3. The van der Waals surface area contributed by atoms with Crippen LogP contribution in [0.2, 0.25) is 0 Å². The van der Waals surface area contributed by atoms with Crippen LogP contribution in [0, 0.1) is 11.2 Å². The minimum absolute atomic E-state index is 0.0196. The average molecular weight is 422 g/mol. The second-order valence-electron chi connectivity index (χ2n) is 8.25. The molecule has 2 aromatic carbocycles. The van der Waals surface area contributed by atoms with Crippen LogP contribution in [0.5, 0.6) is 5.75 Å². The third-order valence-corrected chi connectivity index (χ3v) is 6.43. The predicted octanol–water partition coefficient (Wildman–Crippen LogP) is 2.54. The van der Waals surface area contributed by atoms with Gasteiger partial charge in [0.2, 0.25) is 5.91 Å². The van der Waals surface area contributed by atoms with Gasteiger partial charge in [-0.1, -0.05) is 18.2 Å². The van der Waals surface area contributed by atoms with Crippen LogP contribution in [0.1, 0.15) is 45.5 Å². The summed E-state index contributed by atoms with van der Waals surface area (Å²) in [4.78, 5) is 54.3. The maximum atomic E-state index is 14.3. The molecule has 2 heterocycles. The molecule has 1 saturated carbocycles. The van der Waals surface area contributed by atoms with Crippen molar-refractivity contribution in [1.82, 2.24) is 9.80 Å². The number of halogens is 1. The molecule has 7 nitrogen and oxygen atoms in total. The van der Waals surface area contributed by atoms with Crippen LogP contribution in [0.25, 0.3) is 0 Å². The molecule has 1 atom stereocenters. The second-order valence-corrected chi connectivity index (χ2v) is 8.25. The molecule has 8 heteroatoms. The smallest absolute Gasteiger partial charge is 0.265 e. The van der Waals surface area contributed by atoms with Gasteiger partial charge < -0.3 is 4.74 Å². The first kappa shape index (κ1) is 19.4. The monoisotopic (exact) mass is 422 g/mol. The molecule has 158 valence electrons. The van der Waals surface area contributed by atoms with E-state index in [9.17, 15) is 23.6 Å². The molecule has 0 bridgehead atoms. The average Bonchev–Trinajstić information content (AvgIpc) is 3.47. The number of amides is 4. The van der Waals surface area contributed by atoms with E-state index in [-0.39, 0.29) is 30.0 Å². The van der Waals surface area contributed by atoms with E-state index >= 15 is 0 Å². The van der Waals surface area contributed by atoms with Crippen LogP contribution in [0.15, 0.2) is 42.5 Å². The minimum Gasteiger partial charge on any atom is -0.497 e. The Labute approximate surface area is 177 Å². The third-order valence-electron chi connectivity index (χ3n) is 6.43. The first-order chi connectivity index (χ1) is 14.9. The Kier molecular flexibility index (Phi) is 4.22. The number of imide groups is 2. The molecule has 2 fully saturated rings. The van der Waals surface area contributed by atoms with Crippen molar-refractivity contribution in [1.29, 1.82) is 0 Å². The first-order valence-electron chi connectivity index (χ1n) is 10.00. The van der Waals surface area contributed by atoms with Crippen LogP contribution < -0.4 is 4.74 Å². The number of hydrogen-bond donors (Lipinski definition) is 0. The maximum Gasteiger partial charge on any atom is 0.265 e. The summed E-state index contributed by atoms with van der Waals surface area (Å²) < 4.78 is 19.4. The summed E-state index contributed by atoms with van der Waals surface area (Å²) in [5.41, 5.74) is -0.405. The number of ether oxygens (including phenoxy) is 1. The fourth-order valence-corrected chi connectivity index (χ4v) is 4.60. The van der Waals surface area contributed by atoms with Gasteiger partial charge in [0.25, 0.3) is 17.7 Å². The lowest BCUT2D eigenvalue weighted by Crippen LogP contribution is -2.60. The highest BCUT2D eigenvalue weighted by molar-refractivity contribution is 6.23. The first-order valence-corrected chi connectivity index (χ1v) is 10.00. The number of nitrogens with zero attached hydrogens (tertiary/aromatic N) is 2. The van der Waals surface area contributed by atoms with Crippen LogP contribution in [0.4, 0.5) is 4.39 Å². The van der Waals surface area contributed by atoms with E-state index in [0.717, 1.165) is 15.9 Å². The number of carbonyl (C=O) groups is 4. The van der Waals surface area contributed by atoms with Crippen molar-refractivity contribution in [3.05, 3.63) is 65.0 Å². The summed E-state index contributed by atoms with van der Waals surface area (Å²) in [5.74, 6) is -2.60. The van der Waals surface area contributed by atoms with Gasteiger partial charge in [-0.2, -0.15) is 0 Å². The molecule has 5 rings (SSSR count). The number of rotatable bonds is 4. The van der Waals surface area contributed by atoms with E-state index < -0.39 is 35.0 Å². The number of hydrogen-bond acceptors (Lipinski definition) is 5. The molecule has 31 heavy (non-hydrogen) atoms. The third kappa shape index (κ3) is 2.85. The largest absolute Gasteiger partial charge is 0.497 e. The number of methoxy groups -OCH3 is 1. The zero-order valence-electron chi connectivity index (χ0n) is 16.8. The number of fused-ring (bicyclic) bond motifs is 1. The van der Waals surface area contributed by atoms with Crippen LogP contribution >= 0.6 is 0 Å². The summed E-state index contributed by atoms with van der Waals surface area (Å²) in [6, 6.07) is 9.67. The molecule has 4 amide bonds. The quantitative estimate of drug-likeness (QED) is 0.707. The number of benzene rings is 2. The van der Waals surface area contributed by atoms with Crippen molar-refractivity contribution in [2.45, 2.75) is 31.8 Å². The zero-order chi connectivity index (χ0) is 21.9. The van der Waals surface area contributed by atoms with Crippen LogP contribution in [-0.4, -0.2) is 46.6 Å². The topological polar surface area (TPSA) is 84.0 Å². The second kappa shape index (κ2) is 6.73. The molecule has 0 N–H and O–H groups in total. The van der Waals surface area contributed by atoms with Gasteiger partial charge in [-0.15, -0.1) is 0 Å². The fourth-order valence-electron chi connectivity index (χ4n) is 4.60. The van der Waals surface area contributed by atoms with Gasteiger partial charge in [0, 0.05) is 11.8 Å². The predicted molar refractivity (Wildman–Crippen MR) is 106 cm³/mol. The van der Waals surface area contributed by atoms with E-state index in [4.69, 9.17) is 4.74 Å². The highest BCUT2D eigenvalue weighted by Crippen LogP contribution is 2.57. The summed E-state index contributed by atoms with van der Waals surface area (Å²) >= 11 is 0. The van der Waals surface area contributed by atoms with Crippen molar-refractivity contribution in [3.63, 3.8) is 0 Å². The number of carbonyl (C=O) groups excluding carboxylic acids is 4. The van der Waals surface area contributed by atoms with Crippen molar-refractivity contribution < 1.29 is 28.3 Å². The number of likely N-dealkylation sites (tertiary alicyclic amines) is 1. The lowest BCUT2D eigenvalue weighted by molar-refractivity contribution is -0.156. The van der Waals surface area contributed by atoms with E-state index in [1.165, 1.54) is 19.2 Å². The van der Waals surface area contributed by atoms with Gasteiger partial charge in [-0.3, -0.25) is 29.0 Å². The van der Waals surface area contributed by atoms with E-state index in [2.05, 4.69) is 0 Å². The van der Waals surface area contributed by atoms with E-state index in [1.54, 1.807) is 24.3 Å². The Bertz CT molecular complexity index is 1140. The van der Waals surface area contributed by atoms with E-state index in [1.807, 2.05) is 0 Å². The molecule has 3 aliphatic rings. The van der Waals surface area contributed by atoms with Gasteiger partial charge in [-0.05, 0) is 42.7 Å². The molecule has 2 aliphatic heterocycles. The fraction of sp³-hybridized carbons (Fsp3) is 0.304. The highest BCUT2D eigenvalue weighted by Gasteiger charge is 2.64. The standard InChI is InChI=1S/C23H19FN2O5/c1-31-14-7-5-13(6-8-14)12-25-17(27)11-23(9-10-23)19(22(25)30)26-20(28)15-3-2-4-16(24)18(15)21(26)29/h2-8,19H,9-12H2,1H3. The molecule has 0 aromatic heterocycles. The molecule has 1 saturated heterocycles. The summed E-state index contributed by atoms with van der Waals surface area (Å²) in [6.07, 6.45) is 1.18. The van der Waals surface area contributed by atoms with Gasteiger partial charge in [-0.25, -0.2) is 4.39 Å². The molecule has 2 aromatic rings. The molecule has 1 aliphatic carbocycles. The number of piperidine rings is 1. The summed E-state index contributed by atoms with van der Waals surface area (Å²) in [5, 5.41) is 0. The van der Waals surface area contributed by atoms with Gasteiger partial charge in [0.15, 0.2) is 0 Å². The lowest BCUT2D eigenvalue weighted by atomic mass is 9.85. The van der Waals surface area contributed by atoms with Crippen molar-refractivity contribution in [2.75, 3.05) is 7.11 Å². The van der Waals surface area contributed by atoms with Gasteiger partial charge in [0.05, 0.1) is 24.8 Å². The molecule has 0 radical (unpaired) electrons. The summed E-state index contributed by atoms with van der Waals surface area (Å²) in [7, 11) is 1.54. The molecular formula is C23H19FN2O5. The van der Waals surface area contributed by atoms with Crippen molar-refractivity contribution >= 4 is 23.6 Å². The Morgan fingerprint density at radius 1 is 1.03 bits per heavy atom. The Morgan fingerprint density at radius 2 is 1.74 bits per heavy atom. The molecular weight excluding hydrogens is 403 g/mol. The Balaban J connectivity index is 1.49. The van der Waals surface area contributed by atoms with Gasteiger partial charge >= 0.3 is 0 Å². The summed E-state index contributed by atoms with van der Waals surface area (Å²) in [6.45, 7) is 0.0196. The highest BCUT2D eigenvalue weighted by atomic mass is 19.1. The molecule has 1 spiro atoms. The molecule has 1 unspecified atom stereocenters. The van der Waals surface area contributed by atoms with E-state index in [0.29, 0.717) is 24.2 Å². The normalized spacial score (nSPS) is 21.7. The Hall–Kier alpha value is -3.55. The van der Waals surface area contributed by atoms with Crippen molar-refractivity contribution in [3.8, 4) is 5.75 Å². The van der Waals surface area contributed by atoms with Crippen LogP contribution in [0.3, 0.4) is 0 Å². The van der Waals surface area contributed by atoms with Crippen molar-refractivity contribution in [2.24, 2.45) is 5.41 Å².